The first kappa shape index (κ1) is 16.1. The number of aromatic amines is 1. The number of benzene rings is 1. The first-order valence-corrected chi connectivity index (χ1v) is 8.55. The number of methoxy groups -OCH3 is 1. The second-order valence-electron chi connectivity index (χ2n) is 6.11. The van der Waals surface area contributed by atoms with Gasteiger partial charge in [0, 0.05) is 42.5 Å². The van der Waals surface area contributed by atoms with E-state index in [1.54, 1.807) is 13.3 Å². The van der Waals surface area contributed by atoms with Crippen molar-refractivity contribution in [1.29, 1.82) is 0 Å². The third kappa shape index (κ3) is 3.37. The van der Waals surface area contributed by atoms with E-state index in [0.29, 0.717) is 6.54 Å². The van der Waals surface area contributed by atoms with Gasteiger partial charge in [0.25, 0.3) is 0 Å². The number of para-hydroxylation sites is 1. The molecule has 0 radical (unpaired) electrons. The summed E-state index contributed by atoms with van der Waals surface area (Å²) in [5, 5.41) is 4.50. The molecule has 0 amide bonds. The zero-order valence-corrected chi connectivity index (χ0v) is 14.6. The lowest BCUT2D eigenvalue weighted by Crippen LogP contribution is -2.03. The van der Waals surface area contributed by atoms with Crippen molar-refractivity contribution in [2.75, 3.05) is 12.4 Å². The van der Waals surface area contributed by atoms with E-state index in [-0.39, 0.29) is 0 Å². The highest BCUT2D eigenvalue weighted by atomic mass is 16.5. The number of nitrogens with zero attached hydrogens (tertiary/aromatic N) is 2. The van der Waals surface area contributed by atoms with Gasteiger partial charge in [-0.1, -0.05) is 24.3 Å². The van der Waals surface area contributed by atoms with E-state index in [2.05, 4.69) is 32.4 Å². The summed E-state index contributed by atoms with van der Waals surface area (Å²) in [6.07, 6.45) is 6.56. The van der Waals surface area contributed by atoms with Crippen molar-refractivity contribution >= 4 is 16.9 Å². The summed E-state index contributed by atoms with van der Waals surface area (Å²) in [4.78, 5) is 12.1. The molecule has 0 bridgehead atoms. The molecule has 0 atom stereocenters. The Labute approximate surface area is 152 Å². The second kappa shape index (κ2) is 7.27. The predicted molar refractivity (Wildman–Crippen MR) is 103 cm³/mol. The van der Waals surface area contributed by atoms with Gasteiger partial charge in [-0.25, -0.2) is 9.97 Å². The maximum absolute atomic E-state index is 5.38. The monoisotopic (exact) mass is 344 g/mol. The fraction of sp³-hybridized carbons (Fsp3) is 0.143. The molecular formula is C21H20N4O. The summed E-state index contributed by atoms with van der Waals surface area (Å²) < 4.78 is 5.38. The van der Waals surface area contributed by atoms with Crippen LogP contribution in [0.2, 0.25) is 0 Å². The van der Waals surface area contributed by atoms with Crippen molar-refractivity contribution in [3.8, 4) is 5.75 Å². The minimum atomic E-state index is 0.671. The molecule has 0 unspecified atom stereocenters. The zero-order valence-electron chi connectivity index (χ0n) is 14.6. The van der Waals surface area contributed by atoms with E-state index in [0.717, 1.165) is 40.1 Å². The number of fused-ring (bicyclic) bond motifs is 1. The first-order valence-electron chi connectivity index (χ1n) is 8.55. The fourth-order valence-electron chi connectivity index (χ4n) is 3.05. The summed E-state index contributed by atoms with van der Waals surface area (Å²) in [6, 6.07) is 16.1. The summed E-state index contributed by atoms with van der Waals surface area (Å²) in [5.41, 5.74) is 4.42. The minimum Gasteiger partial charge on any atom is -0.496 e. The fourth-order valence-corrected chi connectivity index (χ4v) is 3.05. The number of aromatic nitrogens is 3. The van der Waals surface area contributed by atoms with Gasteiger partial charge in [0.05, 0.1) is 7.11 Å². The largest absolute Gasteiger partial charge is 0.496 e. The number of ether oxygens (including phenoxy) is 1. The number of hydrogen-bond donors (Lipinski definition) is 2. The van der Waals surface area contributed by atoms with Crippen LogP contribution in [0.25, 0.3) is 11.0 Å². The Kier molecular flexibility index (Phi) is 4.51. The Bertz CT molecular complexity index is 1010. The summed E-state index contributed by atoms with van der Waals surface area (Å²) >= 11 is 0. The lowest BCUT2D eigenvalue weighted by molar-refractivity contribution is 0.410. The molecule has 4 aromatic rings. The molecular weight excluding hydrogens is 324 g/mol. The maximum Gasteiger partial charge on any atom is 0.137 e. The van der Waals surface area contributed by atoms with Crippen LogP contribution in [0.1, 0.15) is 16.7 Å². The van der Waals surface area contributed by atoms with Gasteiger partial charge in [-0.2, -0.15) is 0 Å². The van der Waals surface area contributed by atoms with Gasteiger partial charge in [0.2, 0.25) is 0 Å². The molecule has 4 rings (SSSR count). The Morgan fingerprint density at radius 3 is 2.77 bits per heavy atom. The summed E-state index contributed by atoms with van der Waals surface area (Å²) in [5.74, 6) is 1.73. The van der Waals surface area contributed by atoms with E-state index in [9.17, 15) is 0 Å². The van der Waals surface area contributed by atoms with E-state index >= 15 is 0 Å². The second-order valence-corrected chi connectivity index (χ2v) is 6.11. The van der Waals surface area contributed by atoms with E-state index in [1.807, 2.05) is 48.8 Å². The number of pyridine rings is 2. The van der Waals surface area contributed by atoms with Crippen LogP contribution < -0.4 is 10.1 Å². The zero-order chi connectivity index (χ0) is 17.8. The van der Waals surface area contributed by atoms with Crippen LogP contribution in [0.3, 0.4) is 0 Å². The lowest BCUT2D eigenvalue weighted by Gasteiger charge is -2.10. The standard InChI is InChI=1S/C21H20N4O/c1-26-19-7-3-2-5-16(19)13-24-20-9-8-15(12-23-20)11-17-14-25-21-18(17)6-4-10-22-21/h2-10,12,14H,11,13H2,1H3,(H,22,25)(H,23,24). The molecule has 5 nitrogen and oxygen atoms in total. The number of rotatable bonds is 6. The van der Waals surface area contributed by atoms with Gasteiger partial charge >= 0.3 is 0 Å². The van der Waals surface area contributed by atoms with Crippen molar-refractivity contribution < 1.29 is 4.74 Å². The molecule has 5 heteroatoms. The van der Waals surface area contributed by atoms with Crippen LogP contribution in [0.15, 0.2) is 67.1 Å². The van der Waals surface area contributed by atoms with Gasteiger partial charge in [-0.15, -0.1) is 0 Å². The topological polar surface area (TPSA) is 62.8 Å². The van der Waals surface area contributed by atoms with Crippen molar-refractivity contribution in [3.05, 3.63) is 83.8 Å². The van der Waals surface area contributed by atoms with Crippen LogP contribution in [-0.4, -0.2) is 22.1 Å². The normalized spacial score (nSPS) is 10.8. The molecule has 0 fully saturated rings. The molecule has 0 aliphatic heterocycles. The molecule has 0 saturated carbocycles. The molecule has 0 spiro atoms. The molecule has 0 aliphatic rings. The SMILES string of the molecule is COc1ccccc1CNc1ccc(Cc2c[nH]c3ncccc23)cn1. The Morgan fingerprint density at radius 2 is 1.92 bits per heavy atom. The van der Waals surface area contributed by atoms with Gasteiger partial charge in [-0.05, 0) is 35.4 Å². The Morgan fingerprint density at radius 1 is 1.00 bits per heavy atom. The molecule has 3 aromatic heterocycles. The van der Waals surface area contributed by atoms with E-state index in [1.165, 1.54) is 5.56 Å². The van der Waals surface area contributed by atoms with Crippen LogP contribution >= 0.6 is 0 Å². The summed E-state index contributed by atoms with van der Waals surface area (Å²) in [6.45, 7) is 0.671. The maximum atomic E-state index is 5.38. The van der Waals surface area contributed by atoms with E-state index < -0.39 is 0 Å². The molecule has 130 valence electrons. The average molecular weight is 344 g/mol. The third-order valence-electron chi connectivity index (χ3n) is 4.41. The van der Waals surface area contributed by atoms with Crippen LogP contribution in [0.5, 0.6) is 5.75 Å². The van der Waals surface area contributed by atoms with Gasteiger partial charge in [-0.3, -0.25) is 0 Å². The van der Waals surface area contributed by atoms with Crippen molar-refractivity contribution in [3.63, 3.8) is 0 Å². The number of hydrogen-bond acceptors (Lipinski definition) is 4. The number of nitrogens with one attached hydrogen (secondary N) is 2. The summed E-state index contributed by atoms with van der Waals surface area (Å²) in [7, 11) is 1.69. The third-order valence-corrected chi connectivity index (χ3v) is 4.41. The smallest absolute Gasteiger partial charge is 0.137 e. The highest BCUT2D eigenvalue weighted by molar-refractivity contribution is 5.79. The van der Waals surface area contributed by atoms with Crippen LogP contribution in [0, 0.1) is 0 Å². The van der Waals surface area contributed by atoms with E-state index in [4.69, 9.17) is 4.74 Å². The Hall–Kier alpha value is -3.34. The quantitative estimate of drug-likeness (QED) is 0.551. The predicted octanol–water partition coefficient (Wildman–Crippen LogP) is 4.17. The van der Waals surface area contributed by atoms with Gasteiger partial charge in [0.1, 0.15) is 17.2 Å². The van der Waals surface area contributed by atoms with Crippen molar-refractivity contribution in [2.45, 2.75) is 13.0 Å². The molecule has 2 N–H and O–H groups in total. The van der Waals surface area contributed by atoms with Crippen LogP contribution in [0.4, 0.5) is 5.82 Å². The van der Waals surface area contributed by atoms with Crippen molar-refractivity contribution in [1.82, 2.24) is 15.0 Å². The van der Waals surface area contributed by atoms with Crippen molar-refractivity contribution in [2.24, 2.45) is 0 Å². The van der Waals surface area contributed by atoms with Gasteiger partial charge < -0.3 is 15.0 Å². The average Bonchev–Trinajstić information content (AvgIpc) is 3.11. The molecule has 0 aliphatic carbocycles. The highest BCUT2D eigenvalue weighted by Gasteiger charge is 2.06. The van der Waals surface area contributed by atoms with Crippen LogP contribution in [-0.2, 0) is 13.0 Å². The van der Waals surface area contributed by atoms with Gasteiger partial charge in [0.15, 0.2) is 0 Å². The molecule has 3 heterocycles. The molecule has 0 saturated heterocycles. The molecule has 26 heavy (non-hydrogen) atoms. The molecule has 1 aromatic carbocycles. The number of anilines is 1. The minimum absolute atomic E-state index is 0.671. The lowest BCUT2D eigenvalue weighted by atomic mass is 10.1. The first-order chi connectivity index (χ1) is 12.8. The highest BCUT2D eigenvalue weighted by Crippen LogP contribution is 2.21. The number of H-pyrrole nitrogens is 1. The Balaban J connectivity index is 1.43.